The van der Waals surface area contributed by atoms with Crippen LogP contribution in [0.5, 0.6) is 11.5 Å². The zero-order valence-electron chi connectivity index (χ0n) is 14.9. The molecule has 1 N–H and O–H groups in total. The second-order valence-corrected chi connectivity index (χ2v) is 6.95. The third-order valence-corrected chi connectivity index (χ3v) is 4.90. The van der Waals surface area contributed by atoms with E-state index in [1.807, 2.05) is 62.4 Å². The highest BCUT2D eigenvalue weighted by Crippen LogP contribution is 2.25. The zero-order valence-corrected chi connectivity index (χ0v) is 16.5. The molecule has 134 valence electrons. The van der Waals surface area contributed by atoms with Crippen LogP contribution in [0.2, 0.25) is 0 Å². The van der Waals surface area contributed by atoms with Crippen molar-refractivity contribution in [3.63, 3.8) is 0 Å². The minimum atomic E-state index is -0.0964. The molecule has 0 saturated heterocycles. The molecule has 3 aromatic rings. The topological polar surface area (TPSA) is 56.1 Å². The van der Waals surface area contributed by atoms with Gasteiger partial charge in [-0.05, 0) is 59.6 Å². The number of halogens is 1. The van der Waals surface area contributed by atoms with Crippen molar-refractivity contribution < 1.29 is 9.53 Å². The minimum absolute atomic E-state index is 0.0964. The van der Waals surface area contributed by atoms with E-state index in [9.17, 15) is 4.79 Å². The molecule has 0 aliphatic rings. The molecule has 1 amide bonds. The van der Waals surface area contributed by atoms with Crippen LogP contribution < -0.4 is 10.1 Å². The number of benzene rings is 2. The second kappa shape index (κ2) is 7.74. The zero-order chi connectivity index (χ0) is 18.7. The maximum atomic E-state index is 12.3. The Kier molecular flexibility index (Phi) is 5.42. The van der Waals surface area contributed by atoms with Crippen molar-refractivity contribution in [2.24, 2.45) is 7.05 Å². The lowest BCUT2D eigenvalue weighted by Gasteiger charge is -2.08. The number of amides is 1. The second-order valence-electron chi connectivity index (χ2n) is 6.16. The number of ether oxygens (including phenoxy) is 1. The number of hydrogen-bond donors (Lipinski definition) is 1. The molecular formula is C20H20BrN3O2. The van der Waals surface area contributed by atoms with Gasteiger partial charge in [0.2, 0.25) is 5.91 Å². The Labute approximate surface area is 161 Å². The van der Waals surface area contributed by atoms with Gasteiger partial charge in [-0.2, -0.15) is 5.10 Å². The highest BCUT2D eigenvalue weighted by atomic mass is 79.9. The standard InChI is InChI=1S/C20H20BrN3O2/c1-13-4-8-16(9-5-13)26-17-10-6-15(7-11-17)12-18(25)22-20-19(21)14(2)23-24(20)3/h4-11H,12H2,1-3H3,(H,22,25). The Hall–Kier alpha value is -2.60. The molecule has 26 heavy (non-hydrogen) atoms. The van der Waals surface area contributed by atoms with Gasteiger partial charge in [0.15, 0.2) is 0 Å². The predicted octanol–water partition coefficient (Wildman–Crippen LogP) is 4.77. The molecule has 0 fully saturated rings. The molecular weight excluding hydrogens is 394 g/mol. The minimum Gasteiger partial charge on any atom is -0.457 e. The number of carbonyl (C=O) groups excluding carboxylic acids is 1. The normalized spacial score (nSPS) is 10.6. The predicted molar refractivity (Wildman–Crippen MR) is 106 cm³/mol. The smallest absolute Gasteiger partial charge is 0.229 e. The van der Waals surface area contributed by atoms with Crippen LogP contribution in [0.4, 0.5) is 5.82 Å². The number of hydrogen-bond acceptors (Lipinski definition) is 3. The Morgan fingerprint density at radius 1 is 1.08 bits per heavy atom. The van der Waals surface area contributed by atoms with Gasteiger partial charge in [-0.25, -0.2) is 0 Å². The Morgan fingerprint density at radius 2 is 1.65 bits per heavy atom. The van der Waals surface area contributed by atoms with E-state index in [4.69, 9.17) is 4.74 Å². The molecule has 3 rings (SSSR count). The average Bonchev–Trinajstić information content (AvgIpc) is 2.85. The number of nitrogens with one attached hydrogen (secondary N) is 1. The molecule has 0 saturated carbocycles. The Morgan fingerprint density at radius 3 is 2.19 bits per heavy atom. The summed E-state index contributed by atoms with van der Waals surface area (Å²) >= 11 is 3.45. The van der Waals surface area contributed by atoms with E-state index in [0.717, 1.165) is 27.2 Å². The van der Waals surface area contributed by atoms with Gasteiger partial charge >= 0.3 is 0 Å². The third kappa shape index (κ3) is 4.32. The molecule has 6 heteroatoms. The molecule has 0 atom stereocenters. The molecule has 2 aromatic carbocycles. The van der Waals surface area contributed by atoms with E-state index in [1.165, 1.54) is 5.56 Å². The van der Waals surface area contributed by atoms with Crippen LogP contribution in [0, 0.1) is 13.8 Å². The van der Waals surface area contributed by atoms with Gasteiger partial charge < -0.3 is 10.1 Å². The summed E-state index contributed by atoms with van der Waals surface area (Å²) in [5.74, 6) is 2.09. The van der Waals surface area contributed by atoms with Gasteiger partial charge in [0, 0.05) is 7.05 Å². The fourth-order valence-corrected chi connectivity index (χ4v) is 2.98. The maximum Gasteiger partial charge on any atom is 0.229 e. The van der Waals surface area contributed by atoms with Gasteiger partial charge in [0.05, 0.1) is 16.6 Å². The molecule has 5 nitrogen and oxygen atoms in total. The fourth-order valence-electron chi connectivity index (χ4n) is 2.55. The van der Waals surface area contributed by atoms with Crippen LogP contribution in [0.1, 0.15) is 16.8 Å². The number of nitrogens with zero attached hydrogens (tertiary/aromatic N) is 2. The van der Waals surface area contributed by atoms with Crippen LogP contribution in [0.3, 0.4) is 0 Å². The highest BCUT2D eigenvalue weighted by Gasteiger charge is 2.13. The first-order chi connectivity index (χ1) is 12.4. The van der Waals surface area contributed by atoms with Crippen molar-refractivity contribution in [1.29, 1.82) is 0 Å². The van der Waals surface area contributed by atoms with Gasteiger partial charge in [0.1, 0.15) is 17.3 Å². The lowest BCUT2D eigenvalue weighted by Crippen LogP contribution is -2.17. The number of aromatic nitrogens is 2. The van der Waals surface area contributed by atoms with Crippen LogP contribution in [-0.4, -0.2) is 15.7 Å². The summed E-state index contributed by atoms with van der Waals surface area (Å²) < 4.78 is 8.25. The molecule has 0 unspecified atom stereocenters. The van der Waals surface area contributed by atoms with Crippen molar-refractivity contribution in [2.45, 2.75) is 20.3 Å². The van der Waals surface area contributed by atoms with E-state index in [2.05, 4.69) is 26.3 Å². The number of aryl methyl sites for hydroxylation is 3. The molecule has 1 heterocycles. The molecule has 0 spiro atoms. The molecule has 0 bridgehead atoms. The molecule has 0 aliphatic carbocycles. The quantitative estimate of drug-likeness (QED) is 0.654. The first kappa shape index (κ1) is 18.2. The lowest BCUT2D eigenvalue weighted by atomic mass is 10.1. The largest absolute Gasteiger partial charge is 0.457 e. The maximum absolute atomic E-state index is 12.3. The molecule has 0 aliphatic heterocycles. The van der Waals surface area contributed by atoms with Crippen LogP contribution in [0.25, 0.3) is 0 Å². The summed E-state index contributed by atoms with van der Waals surface area (Å²) in [6, 6.07) is 15.4. The first-order valence-corrected chi connectivity index (χ1v) is 9.04. The highest BCUT2D eigenvalue weighted by molar-refractivity contribution is 9.10. The average molecular weight is 414 g/mol. The molecule has 1 aromatic heterocycles. The van der Waals surface area contributed by atoms with E-state index in [0.29, 0.717) is 5.82 Å². The summed E-state index contributed by atoms with van der Waals surface area (Å²) in [4.78, 5) is 12.3. The summed E-state index contributed by atoms with van der Waals surface area (Å²) in [6.07, 6.45) is 0.279. The van der Waals surface area contributed by atoms with Gasteiger partial charge in [0.25, 0.3) is 0 Å². The monoisotopic (exact) mass is 413 g/mol. The summed E-state index contributed by atoms with van der Waals surface area (Å²) in [7, 11) is 1.80. The van der Waals surface area contributed by atoms with Crippen LogP contribution in [0.15, 0.2) is 53.0 Å². The van der Waals surface area contributed by atoms with Gasteiger partial charge in [-0.15, -0.1) is 0 Å². The molecule has 0 radical (unpaired) electrons. The van der Waals surface area contributed by atoms with Crippen molar-refractivity contribution in [3.05, 3.63) is 69.8 Å². The SMILES string of the molecule is Cc1ccc(Oc2ccc(CC(=O)Nc3c(Br)c(C)nn3C)cc2)cc1. The van der Waals surface area contributed by atoms with Crippen molar-refractivity contribution in [3.8, 4) is 11.5 Å². The number of carbonyl (C=O) groups is 1. The summed E-state index contributed by atoms with van der Waals surface area (Å²) in [6.45, 7) is 3.92. The van der Waals surface area contributed by atoms with Gasteiger partial charge in [-0.1, -0.05) is 29.8 Å². The first-order valence-electron chi connectivity index (χ1n) is 8.25. The van der Waals surface area contributed by atoms with E-state index in [1.54, 1.807) is 11.7 Å². The van der Waals surface area contributed by atoms with Crippen LogP contribution >= 0.6 is 15.9 Å². The Bertz CT molecular complexity index is 915. The lowest BCUT2D eigenvalue weighted by molar-refractivity contribution is -0.115. The van der Waals surface area contributed by atoms with Crippen LogP contribution in [-0.2, 0) is 18.3 Å². The van der Waals surface area contributed by atoms with Crippen molar-refractivity contribution in [1.82, 2.24) is 9.78 Å². The fraction of sp³-hybridized carbons (Fsp3) is 0.200. The number of anilines is 1. The Balaban J connectivity index is 1.61. The summed E-state index contributed by atoms with van der Waals surface area (Å²) in [5.41, 5.74) is 2.93. The van der Waals surface area contributed by atoms with Crippen molar-refractivity contribution in [2.75, 3.05) is 5.32 Å². The van der Waals surface area contributed by atoms with Crippen molar-refractivity contribution >= 4 is 27.7 Å². The van der Waals surface area contributed by atoms with E-state index >= 15 is 0 Å². The third-order valence-electron chi connectivity index (χ3n) is 3.95. The van der Waals surface area contributed by atoms with Gasteiger partial charge in [-0.3, -0.25) is 9.48 Å². The van der Waals surface area contributed by atoms with E-state index in [-0.39, 0.29) is 12.3 Å². The summed E-state index contributed by atoms with van der Waals surface area (Å²) in [5, 5.41) is 7.16. The number of rotatable bonds is 5. The van der Waals surface area contributed by atoms with E-state index < -0.39 is 0 Å².